The first kappa shape index (κ1) is 27.2. The Morgan fingerprint density at radius 3 is 2.58 bits per heavy atom. The van der Waals surface area contributed by atoms with Crippen LogP contribution in [0.15, 0.2) is 12.1 Å². The predicted molar refractivity (Wildman–Crippen MR) is 160 cm³/mol. The number of piperidine rings is 1. The number of carbonyl (C=O) groups excluding carboxylic acids is 1. The number of hydrogen-bond acceptors (Lipinski definition) is 7. The Labute approximate surface area is 258 Å². The van der Waals surface area contributed by atoms with Gasteiger partial charge in [0.1, 0.15) is 11.7 Å². The van der Waals surface area contributed by atoms with Gasteiger partial charge in [-0.05, 0) is 94.2 Å². The zero-order valence-electron chi connectivity index (χ0n) is 28.3. The van der Waals surface area contributed by atoms with Crippen LogP contribution in [0.4, 0.5) is 0 Å². The highest BCUT2D eigenvalue weighted by Crippen LogP contribution is 2.78. The molecule has 5 fully saturated rings. The van der Waals surface area contributed by atoms with Crippen molar-refractivity contribution in [2.45, 2.75) is 127 Å². The minimum Gasteiger partial charge on any atom is -0.482 e. The molecule has 2 spiro atoms. The summed E-state index contributed by atoms with van der Waals surface area (Å²) < 4.78 is 39.2. The smallest absolute Gasteiger partial charge is 0.311 e. The van der Waals surface area contributed by atoms with Gasteiger partial charge in [0, 0.05) is 57.6 Å². The van der Waals surface area contributed by atoms with Gasteiger partial charge in [0.25, 0.3) is 0 Å². The molecular weight excluding hydrogens is 546 g/mol. The zero-order valence-corrected chi connectivity index (χ0v) is 26.3. The lowest BCUT2D eigenvalue weighted by Crippen LogP contribution is -2.83. The van der Waals surface area contributed by atoms with Gasteiger partial charge in [-0.15, -0.1) is 0 Å². The van der Waals surface area contributed by atoms with E-state index in [-0.39, 0.29) is 24.8 Å². The molecule has 8 rings (SSSR count). The number of carbonyl (C=O) groups is 2. The van der Waals surface area contributed by atoms with E-state index in [1.165, 1.54) is 12.8 Å². The first-order valence-electron chi connectivity index (χ1n) is 17.4. The van der Waals surface area contributed by atoms with Crippen LogP contribution in [0.1, 0.15) is 106 Å². The van der Waals surface area contributed by atoms with E-state index in [0.29, 0.717) is 43.1 Å². The fourth-order valence-electron chi connectivity index (χ4n) is 9.81. The largest absolute Gasteiger partial charge is 0.482 e. The number of rotatable bonds is 10. The minimum atomic E-state index is -1.12. The molecule has 2 heterocycles. The number of hydrogen-bond donors (Lipinski definition) is 2. The van der Waals surface area contributed by atoms with Crippen molar-refractivity contribution < 1.29 is 36.8 Å². The summed E-state index contributed by atoms with van der Waals surface area (Å²) in [7, 11) is 1.70. The molecule has 4 saturated carbocycles. The van der Waals surface area contributed by atoms with Crippen molar-refractivity contribution in [1.29, 1.82) is 0 Å². The van der Waals surface area contributed by atoms with Gasteiger partial charge < -0.3 is 24.4 Å². The fraction of sp³-hybridized carbons (Fsp3) is 0.771. The van der Waals surface area contributed by atoms with E-state index in [1.54, 1.807) is 13.2 Å². The highest BCUT2D eigenvalue weighted by molar-refractivity contribution is 5.75. The van der Waals surface area contributed by atoms with Crippen molar-refractivity contribution >= 4 is 11.9 Å². The molecule has 4 bridgehead atoms. The number of likely N-dealkylation sites (tertiary alicyclic amines) is 1. The maximum absolute atomic E-state index is 13.0. The Kier molecular flexibility index (Phi) is 6.11. The van der Waals surface area contributed by atoms with Crippen molar-refractivity contribution in [2.75, 3.05) is 20.2 Å². The van der Waals surface area contributed by atoms with E-state index in [1.807, 2.05) is 13.0 Å². The van der Waals surface area contributed by atoms with Gasteiger partial charge in [-0.1, -0.05) is 26.8 Å². The Bertz CT molecular complexity index is 1410. The van der Waals surface area contributed by atoms with Gasteiger partial charge in [-0.25, -0.2) is 0 Å². The van der Waals surface area contributed by atoms with Crippen LogP contribution < -0.4 is 9.47 Å². The highest BCUT2D eigenvalue weighted by Gasteiger charge is 2.82. The quantitative estimate of drug-likeness (QED) is 0.213. The molecule has 1 aromatic rings. The molecule has 2 N–H and O–H groups in total. The molecule has 0 amide bonds. The number of ether oxygens (including phenoxy) is 3. The zero-order chi connectivity index (χ0) is 32.3. The van der Waals surface area contributed by atoms with E-state index in [9.17, 15) is 17.4 Å². The molecule has 8 heteroatoms. The van der Waals surface area contributed by atoms with Gasteiger partial charge in [0.15, 0.2) is 11.5 Å². The standard InChI is InChI=1S/C35H49NO7/c1-31(2,3)32(4,40)24-19-33-14-15-35(24,41-5)30-34(33)16-17-36(20-21-10-11-21)25(33)18-22-12-13-23(29(43-30)28(22)34)42-27(39)9-7-6-8-26(37)38/h12-13,21,24-25,30,40H,6-11,14-20H2,1-5H3,(H,37,38)/t24-,25-,30?,32+,33-,34+,35?/m1/s1/i16T,17T/t16?,17?,24-,25-,30?,32+,33-,34+,35?. The van der Waals surface area contributed by atoms with Gasteiger partial charge in [-0.2, -0.15) is 0 Å². The molecule has 1 saturated heterocycles. The number of methoxy groups -OCH3 is 1. The van der Waals surface area contributed by atoms with Gasteiger partial charge in [-0.3, -0.25) is 14.5 Å². The molecule has 9 atom stereocenters. The summed E-state index contributed by atoms with van der Waals surface area (Å²) in [5, 5.41) is 21.4. The first-order chi connectivity index (χ1) is 21.2. The summed E-state index contributed by atoms with van der Waals surface area (Å²) in [6.45, 7) is 8.22. The third-order valence-corrected chi connectivity index (χ3v) is 12.6. The monoisotopic (exact) mass is 599 g/mol. The number of aliphatic hydroxyl groups is 1. The van der Waals surface area contributed by atoms with Crippen molar-refractivity contribution in [1.82, 2.24) is 4.90 Å². The molecule has 8 nitrogen and oxygen atoms in total. The molecule has 4 unspecified atom stereocenters. The second-order valence-electron chi connectivity index (χ2n) is 15.5. The highest BCUT2D eigenvalue weighted by atomic mass is 16.6. The van der Waals surface area contributed by atoms with Crippen LogP contribution in [0.2, 0.25) is 0 Å². The number of nitrogens with zero attached hydrogens (tertiary/aromatic N) is 1. The van der Waals surface area contributed by atoms with E-state index < -0.39 is 58.4 Å². The number of benzene rings is 1. The van der Waals surface area contributed by atoms with E-state index >= 15 is 0 Å². The Balaban J connectivity index is 1.37. The topological polar surface area (TPSA) is 106 Å². The van der Waals surface area contributed by atoms with Gasteiger partial charge in [0.2, 0.25) is 0 Å². The molecule has 2 aliphatic heterocycles. The number of carboxylic acids is 1. The number of carboxylic acid groups (broad SMARTS) is 1. The number of aliphatic carboxylic acids is 1. The number of fused-ring (bicyclic) bond motifs is 2. The molecule has 5 aliphatic carbocycles. The van der Waals surface area contributed by atoms with Crippen LogP contribution >= 0.6 is 0 Å². The minimum absolute atomic E-state index is 0.00346. The summed E-state index contributed by atoms with van der Waals surface area (Å²) in [6, 6.07) is 3.86. The molecule has 236 valence electrons. The predicted octanol–water partition coefficient (Wildman–Crippen LogP) is 5.26. The van der Waals surface area contributed by atoms with Crippen LogP contribution in [0.5, 0.6) is 11.5 Å². The Morgan fingerprint density at radius 1 is 1.16 bits per heavy atom. The van der Waals surface area contributed by atoms with Crippen molar-refractivity contribution in [2.24, 2.45) is 22.7 Å². The molecule has 7 aliphatic rings. The lowest BCUT2D eigenvalue weighted by molar-refractivity contribution is -0.312. The van der Waals surface area contributed by atoms with Gasteiger partial charge >= 0.3 is 11.9 Å². The summed E-state index contributed by atoms with van der Waals surface area (Å²) in [5.74, 6) is -0.252. The summed E-state index contributed by atoms with van der Waals surface area (Å²) in [6.07, 6.45) is 4.68. The lowest BCUT2D eigenvalue weighted by Gasteiger charge is -2.75. The maximum Gasteiger partial charge on any atom is 0.311 e. The molecule has 0 aromatic heterocycles. The van der Waals surface area contributed by atoms with Gasteiger partial charge in [0.05, 0.1) is 5.60 Å². The molecule has 1 aromatic carbocycles. The SMILES string of the molecule is [3H]C1C([3H])[C@]23c4c5ccc(OC(=O)CCCCC(=O)O)c4OC2C2(OC)CC[C@@]3(C[C@@H]2[C@](C)(O)C(C)(C)C)[C@@H](C5)N1CC1CC1. The Morgan fingerprint density at radius 2 is 1.91 bits per heavy atom. The molecule has 43 heavy (non-hydrogen) atoms. The lowest BCUT2D eigenvalue weighted by atomic mass is 9.33. The number of esters is 1. The van der Waals surface area contributed by atoms with Crippen LogP contribution in [-0.2, 0) is 26.2 Å². The van der Waals surface area contributed by atoms with Crippen LogP contribution in [-0.4, -0.2) is 70.6 Å². The summed E-state index contributed by atoms with van der Waals surface area (Å²) in [5.41, 5.74) is -1.75. The second kappa shape index (κ2) is 9.67. The molecule has 0 radical (unpaired) electrons. The second-order valence-corrected chi connectivity index (χ2v) is 15.5. The van der Waals surface area contributed by atoms with Crippen molar-refractivity contribution in [3.05, 3.63) is 23.3 Å². The average molecular weight is 600 g/mol. The van der Waals surface area contributed by atoms with E-state index in [0.717, 1.165) is 30.5 Å². The van der Waals surface area contributed by atoms with E-state index in [2.05, 4.69) is 25.7 Å². The third kappa shape index (κ3) is 3.97. The number of unbranched alkanes of at least 4 members (excludes halogenated alkanes) is 1. The van der Waals surface area contributed by atoms with E-state index in [4.69, 9.17) is 19.3 Å². The summed E-state index contributed by atoms with van der Waals surface area (Å²) in [4.78, 5) is 26.3. The maximum atomic E-state index is 13.0. The van der Waals surface area contributed by atoms with Crippen LogP contribution in [0.3, 0.4) is 0 Å². The average Bonchev–Trinajstić information content (AvgIpc) is 3.72. The fourth-order valence-corrected chi connectivity index (χ4v) is 9.81. The first-order valence-corrected chi connectivity index (χ1v) is 16.3. The van der Waals surface area contributed by atoms with Crippen LogP contribution in [0.25, 0.3) is 0 Å². The normalized spacial score (nSPS) is 41.0. The Hall–Kier alpha value is -2.16. The third-order valence-electron chi connectivity index (χ3n) is 12.6. The molecular formula is C35H49NO7. The van der Waals surface area contributed by atoms with Crippen LogP contribution in [0, 0.1) is 22.7 Å². The summed E-state index contributed by atoms with van der Waals surface area (Å²) >= 11 is 0. The van der Waals surface area contributed by atoms with Crippen molar-refractivity contribution in [3.8, 4) is 11.5 Å². The van der Waals surface area contributed by atoms with Crippen molar-refractivity contribution in [3.63, 3.8) is 0 Å².